The summed E-state index contributed by atoms with van der Waals surface area (Å²) in [6.07, 6.45) is 3.59. The van der Waals surface area contributed by atoms with Crippen LogP contribution in [0.1, 0.15) is 31.2 Å². The van der Waals surface area contributed by atoms with Gasteiger partial charge in [0.25, 0.3) is 0 Å². The van der Waals surface area contributed by atoms with Gasteiger partial charge in [-0.2, -0.15) is 4.31 Å². The van der Waals surface area contributed by atoms with Gasteiger partial charge in [0.1, 0.15) is 0 Å². The van der Waals surface area contributed by atoms with Crippen molar-refractivity contribution in [2.75, 3.05) is 13.2 Å². The Kier molecular flexibility index (Phi) is 3.84. The zero-order chi connectivity index (χ0) is 14.2. The summed E-state index contributed by atoms with van der Waals surface area (Å²) in [7, 11) is -3.39. The van der Waals surface area contributed by atoms with Crippen LogP contribution in [0.15, 0.2) is 29.2 Å². The van der Waals surface area contributed by atoms with Gasteiger partial charge < -0.3 is 4.74 Å². The molecule has 20 heavy (non-hydrogen) atoms. The lowest BCUT2D eigenvalue weighted by Crippen LogP contribution is -2.44. The fourth-order valence-electron chi connectivity index (χ4n) is 2.92. The molecule has 0 spiro atoms. The molecule has 0 bridgehead atoms. The quantitative estimate of drug-likeness (QED) is 0.856. The lowest BCUT2D eigenvalue weighted by atomic mass is 10.1. The van der Waals surface area contributed by atoms with Crippen LogP contribution in [0.5, 0.6) is 0 Å². The Morgan fingerprint density at radius 3 is 2.25 bits per heavy atom. The van der Waals surface area contributed by atoms with Crippen molar-refractivity contribution in [2.24, 2.45) is 0 Å². The van der Waals surface area contributed by atoms with Crippen LogP contribution in [-0.2, 0) is 14.8 Å². The molecule has 0 unspecified atom stereocenters. The van der Waals surface area contributed by atoms with Crippen LogP contribution in [0, 0.1) is 6.92 Å². The number of hydrogen-bond donors (Lipinski definition) is 0. The average Bonchev–Trinajstić information content (AvgIpc) is 3.25. The molecule has 0 radical (unpaired) electrons. The Balaban J connectivity index is 1.96. The van der Waals surface area contributed by atoms with E-state index >= 15 is 0 Å². The molecule has 2 fully saturated rings. The largest absolute Gasteiger partial charge is 0.381 e. The van der Waals surface area contributed by atoms with E-state index in [0.29, 0.717) is 18.1 Å². The minimum Gasteiger partial charge on any atom is -0.381 e. The van der Waals surface area contributed by atoms with Gasteiger partial charge in [-0.1, -0.05) is 18.2 Å². The lowest BCUT2D eigenvalue weighted by Gasteiger charge is -2.33. The molecule has 1 aliphatic heterocycles. The van der Waals surface area contributed by atoms with Crippen LogP contribution >= 0.6 is 0 Å². The maximum atomic E-state index is 13.0. The Labute approximate surface area is 120 Å². The highest BCUT2D eigenvalue weighted by molar-refractivity contribution is 7.89. The van der Waals surface area contributed by atoms with Crippen molar-refractivity contribution in [1.29, 1.82) is 0 Å². The number of rotatable bonds is 4. The zero-order valence-corrected chi connectivity index (χ0v) is 12.6. The summed E-state index contributed by atoms with van der Waals surface area (Å²) >= 11 is 0. The predicted octanol–water partition coefficient (Wildman–Crippen LogP) is 2.33. The minimum absolute atomic E-state index is 0.0980. The topological polar surface area (TPSA) is 46.6 Å². The van der Waals surface area contributed by atoms with Gasteiger partial charge in [-0.15, -0.1) is 0 Å². The van der Waals surface area contributed by atoms with Crippen molar-refractivity contribution >= 4 is 10.0 Å². The molecule has 1 heterocycles. The first-order valence-corrected chi connectivity index (χ1v) is 8.71. The molecule has 1 aliphatic carbocycles. The number of sulfonamides is 1. The summed E-state index contributed by atoms with van der Waals surface area (Å²) in [5.74, 6) is 0. The van der Waals surface area contributed by atoms with Crippen LogP contribution in [-0.4, -0.2) is 38.0 Å². The molecule has 0 atom stereocenters. The van der Waals surface area contributed by atoms with Gasteiger partial charge in [0.05, 0.1) is 4.90 Å². The van der Waals surface area contributed by atoms with Gasteiger partial charge in [-0.05, 0) is 44.2 Å². The molecular formula is C15H21NO3S. The normalized spacial score (nSPS) is 21.3. The summed E-state index contributed by atoms with van der Waals surface area (Å²) in [6, 6.07) is 7.56. The van der Waals surface area contributed by atoms with Gasteiger partial charge in [0, 0.05) is 25.3 Å². The number of ether oxygens (including phenoxy) is 1. The first kappa shape index (κ1) is 14.0. The molecule has 1 aromatic rings. The number of aryl methyl sites for hydroxylation is 1. The second-order valence-electron chi connectivity index (χ2n) is 5.68. The smallest absolute Gasteiger partial charge is 0.243 e. The molecule has 110 valence electrons. The van der Waals surface area contributed by atoms with Crippen molar-refractivity contribution in [2.45, 2.75) is 49.6 Å². The van der Waals surface area contributed by atoms with Gasteiger partial charge >= 0.3 is 0 Å². The molecule has 1 saturated heterocycles. The summed E-state index contributed by atoms with van der Waals surface area (Å²) in [5.41, 5.74) is 0.824. The van der Waals surface area contributed by atoms with Crippen molar-refractivity contribution in [3.05, 3.63) is 29.8 Å². The van der Waals surface area contributed by atoms with Crippen LogP contribution < -0.4 is 0 Å². The molecule has 1 saturated carbocycles. The molecule has 5 heteroatoms. The first-order chi connectivity index (χ1) is 9.60. The molecule has 0 N–H and O–H groups in total. The molecule has 2 aliphatic rings. The van der Waals surface area contributed by atoms with E-state index in [4.69, 9.17) is 4.74 Å². The van der Waals surface area contributed by atoms with Crippen LogP contribution in [0.4, 0.5) is 0 Å². The molecule has 4 nitrogen and oxygen atoms in total. The summed E-state index contributed by atoms with van der Waals surface area (Å²) < 4.78 is 33.2. The Hall–Kier alpha value is -0.910. The number of benzene rings is 1. The summed E-state index contributed by atoms with van der Waals surface area (Å²) in [4.78, 5) is 0.457. The highest BCUT2D eigenvalue weighted by Crippen LogP contribution is 2.37. The molecular weight excluding hydrogens is 274 g/mol. The Bertz CT molecular complexity index is 575. The monoisotopic (exact) mass is 295 g/mol. The van der Waals surface area contributed by atoms with Crippen molar-refractivity contribution in [3.63, 3.8) is 0 Å². The fourth-order valence-corrected chi connectivity index (χ4v) is 5.08. The SMILES string of the molecule is Cc1ccccc1S(=O)(=O)N(C1CCOCC1)C1CC1. The van der Waals surface area contributed by atoms with E-state index < -0.39 is 10.0 Å². The third-order valence-electron chi connectivity index (χ3n) is 4.11. The van der Waals surface area contributed by atoms with E-state index in [9.17, 15) is 8.42 Å². The second kappa shape index (κ2) is 5.47. The van der Waals surface area contributed by atoms with Gasteiger partial charge in [-0.3, -0.25) is 0 Å². The Morgan fingerprint density at radius 2 is 1.65 bits per heavy atom. The molecule has 1 aromatic carbocycles. The maximum absolute atomic E-state index is 13.0. The van der Waals surface area contributed by atoms with Gasteiger partial charge in [-0.25, -0.2) is 8.42 Å². The minimum atomic E-state index is -3.39. The number of hydrogen-bond acceptors (Lipinski definition) is 3. The third kappa shape index (κ3) is 2.62. The third-order valence-corrected chi connectivity index (χ3v) is 6.27. The summed E-state index contributed by atoms with van der Waals surface area (Å²) in [6.45, 7) is 3.19. The van der Waals surface area contributed by atoms with Gasteiger partial charge in [0.15, 0.2) is 0 Å². The van der Waals surface area contributed by atoms with Crippen LogP contribution in [0.2, 0.25) is 0 Å². The van der Waals surface area contributed by atoms with Crippen LogP contribution in [0.3, 0.4) is 0 Å². The van der Waals surface area contributed by atoms with Crippen LogP contribution in [0.25, 0.3) is 0 Å². The molecule has 0 amide bonds. The maximum Gasteiger partial charge on any atom is 0.243 e. The molecule has 3 rings (SSSR count). The van der Waals surface area contributed by atoms with Gasteiger partial charge in [0.2, 0.25) is 10.0 Å². The summed E-state index contributed by atoms with van der Waals surface area (Å²) in [5, 5.41) is 0. The highest BCUT2D eigenvalue weighted by atomic mass is 32.2. The highest BCUT2D eigenvalue weighted by Gasteiger charge is 2.43. The average molecular weight is 295 g/mol. The first-order valence-electron chi connectivity index (χ1n) is 7.27. The predicted molar refractivity (Wildman–Crippen MR) is 77.1 cm³/mol. The zero-order valence-electron chi connectivity index (χ0n) is 11.8. The lowest BCUT2D eigenvalue weighted by molar-refractivity contribution is 0.0569. The van der Waals surface area contributed by atoms with E-state index in [1.807, 2.05) is 19.1 Å². The molecule has 0 aromatic heterocycles. The number of nitrogens with zero attached hydrogens (tertiary/aromatic N) is 1. The van der Waals surface area contributed by atoms with Crippen molar-refractivity contribution < 1.29 is 13.2 Å². The van der Waals surface area contributed by atoms with E-state index in [2.05, 4.69) is 0 Å². The Morgan fingerprint density at radius 1 is 1.05 bits per heavy atom. The van der Waals surface area contributed by atoms with Crippen molar-refractivity contribution in [3.8, 4) is 0 Å². The van der Waals surface area contributed by atoms with E-state index in [1.165, 1.54) is 0 Å². The van der Waals surface area contributed by atoms with E-state index in [1.54, 1.807) is 16.4 Å². The van der Waals surface area contributed by atoms with E-state index in [0.717, 1.165) is 31.2 Å². The fraction of sp³-hybridized carbons (Fsp3) is 0.600. The van der Waals surface area contributed by atoms with E-state index in [-0.39, 0.29) is 12.1 Å². The standard InChI is InChI=1S/C15H21NO3S/c1-12-4-2-3-5-15(12)20(17,18)16(13-6-7-13)14-8-10-19-11-9-14/h2-5,13-14H,6-11H2,1H3. The second-order valence-corrected chi connectivity index (χ2v) is 7.49. The van der Waals surface area contributed by atoms with Crippen molar-refractivity contribution in [1.82, 2.24) is 4.31 Å².